The van der Waals surface area contributed by atoms with Crippen molar-refractivity contribution in [3.8, 4) is 0 Å². The number of aryl methyl sites for hydroxylation is 2. The van der Waals surface area contributed by atoms with Gasteiger partial charge in [0.15, 0.2) is 0 Å². The molecule has 0 saturated carbocycles. The maximum absolute atomic E-state index is 11.5. The van der Waals surface area contributed by atoms with Crippen molar-refractivity contribution in [2.45, 2.75) is 44.6 Å². The smallest absolute Gasteiger partial charge is 0.339 e. The second kappa shape index (κ2) is 5.05. The molecular weight excluding hydrogens is 256 g/mol. The summed E-state index contributed by atoms with van der Waals surface area (Å²) in [6, 6.07) is 1.80. The third-order valence-corrected chi connectivity index (χ3v) is 4.17. The number of carbonyl (C=O) groups is 1. The van der Waals surface area contributed by atoms with Crippen LogP contribution < -0.4 is 5.32 Å². The molecule has 1 unspecified atom stereocenters. The Labute approximate surface area is 118 Å². The SMILES string of the molecule is CC1(Nc2nc3c(cc2C(=O)O)CCCC3)CCOC1. The van der Waals surface area contributed by atoms with Crippen LogP contribution in [0.1, 0.15) is 47.8 Å². The molecule has 1 saturated heterocycles. The maximum atomic E-state index is 11.5. The molecule has 3 rings (SSSR count). The first-order valence-electron chi connectivity index (χ1n) is 7.19. The molecule has 1 fully saturated rings. The van der Waals surface area contributed by atoms with Crippen LogP contribution in [0, 0.1) is 0 Å². The maximum Gasteiger partial charge on any atom is 0.339 e. The fraction of sp³-hybridized carbons (Fsp3) is 0.600. The highest BCUT2D eigenvalue weighted by Gasteiger charge is 2.31. The van der Waals surface area contributed by atoms with Crippen LogP contribution in [0.25, 0.3) is 0 Å². The van der Waals surface area contributed by atoms with Crippen molar-refractivity contribution in [3.05, 3.63) is 22.9 Å². The molecule has 1 atom stereocenters. The monoisotopic (exact) mass is 276 g/mol. The number of anilines is 1. The number of aromatic carboxylic acids is 1. The summed E-state index contributed by atoms with van der Waals surface area (Å²) >= 11 is 0. The van der Waals surface area contributed by atoms with Crippen molar-refractivity contribution in [2.24, 2.45) is 0 Å². The summed E-state index contributed by atoms with van der Waals surface area (Å²) < 4.78 is 5.41. The Morgan fingerprint density at radius 3 is 2.95 bits per heavy atom. The number of ether oxygens (including phenoxy) is 1. The summed E-state index contributed by atoms with van der Waals surface area (Å²) in [4.78, 5) is 16.1. The van der Waals surface area contributed by atoms with E-state index in [0.717, 1.165) is 43.4 Å². The summed E-state index contributed by atoms with van der Waals surface area (Å²) in [7, 11) is 0. The average molecular weight is 276 g/mol. The van der Waals surface area contributed by atoms with Crippen LogP contribution >= 0.6 is 0 Å². The highest BCUT2D eigenvalue weighted by molar-refractivity contribution is 5.93. The average Bonchev–Trinajstić information content (AvgIpc) is 2.84. The Morgan fingerprint density at radius 1 is 1.45 bits per heavy atom. The molecule has 0 amide bonds. The number of carboxylic acids is 1. The van der Waals surface area contributed by atoms with Crippen molar-refractivity contribution < 1.29 is 14.6 Å². The zero-order valence-electron chi connectivity index (χ0n) is 11.7. The lowest BCUT2D eigenvalue weighted by Gasteiger charge is -2.26. The van der Waals surface area contributed by atoms with Gasteiger partial charge in [-0.05, 0) is 50.7 Å². The summed E-state index contributed by atoms with van der Waals surface area (Å²) in [5, 5.41) is 12.7. The Kier molecular flexibility index (Phi) is 3.38. The van der Waals surface area contributed by atoms with E-state index in [1.807, 2.05) is 6.92 Å². The minimum Gasteiger partial charge on any atom is -0.478 e. The van der Waals surface area contributed by atoms with Crippen molar-refractivity contribution in [2.75, 3.05) is 18.5 Å². The van der Waals surface area contributed by atoms with Crippen molar-refractivity contribution in [1.29, 1.82) is 0 Å². The normalized spacial score (nSPS) is 25.2. The third kappa shape index (κ3) is 2.50. The van der Waals surface area contributed by atoms with Crippen LogP contribution in [0.15, 0.2) is 6.07 Å². The van der Waals surface area contributed by atoms with E-state index in [1.165, 1.54) is 0 Å². The van der Waals surface area contributed by atoms with E-state index < -0.39 is 5.97 Å². The Balaban J connectivity index is 1.97. The fourth-order valence-electron chi connectivity index (χ4n) is 2.94. The molecule has 0 spiro atoms. The van der Waals surface area contributed by atoms with Crippen LogP contribution in [0.3, 0.4) is 0 Å². The first-order chi connectivity index (χ1) is 9.57. The molecule has 1 aliphatic carbocycles. The molecule has 2 N–H and O–H groups in total. The van der Waals surface area contributed by atoms with E-state index in [9.17, 15) is 9.90 Å². The zero-order chi connectivity index (χ0) is 14.2. The summed E-state index contributed by atoms with van der Waals surface area (Å²) in [6.07, 6.45) is 4.99. The number of rotatable bonds is 3. The lowest BCUT2D eigenvalue weighted by atomic mass is 9.94. The van der Waals surface area contributed by atoms with Crippen LogP contribution in [0.2, 0.25) is 0 Å². The van der Waals surface area contributed by atoms with E-state index in [-0.39, 0.29) is 11.1 Å². The number of fused-ring (bicyclic) bond motifs is 1. The highest BCUT2D eigenvalue weighted by Crippen LogP contribution is 2.29. The minimum absolute atomic E-state index is 0.222. The molecule has 2 heterocycles. The van der Waals surface area contributed by atoms with Crippen molar-refractivity contribution in [1.82, 2.24) is 4.98 Å². The lowest BCUT2D eigenvalue weighted by Crippen LogP contribution is -2.36. The molecule has 2 aliphatic rings. The Bertz CT molecular complexity index is 536. The van der Waals surface area contributed by atoms with Crippen LogP contribution in [0.4, 0.5) is 5.82 Å². The van der Waals surface area contributed by atoms with Gasteiger partial charge in [-0.1, -0.05) is 0 Å². The van der Waals surface area contributed by atoms with Gasteiger partial charge in [-0.2, -0.15) is 0 Å². The first kappa shape index (κ1) is 13.4. The van der Waals surface area contributed by atoms with Crippen molar-refractivity contribution >= 4 is 11.8 Å². The molecular formula is C15H20N2O3. The molecule has 108 valence electrons. The topological polar surface area (TPSA) is 71.5 Å². The van der Waals surface area contributed by atoms with Crippen LogP contribution in [-0.4, -0.2) is 34.8 Å². The summed E-state index contributed by atoms with van der Waals surface area (Å²) in [6.45, 7) is 3.34. The predicted molar refractivity (Wildman–Crippen MR) is 75.3 cm³/mol. The second-order valence-corrected chi connectivity index (χ2v) is 5.99. The van der Waals surface area contributed by atoms with Crippen molar-refractivity contribution in [3.63, 3.8) is 0 Å². The zero-order valence-corrected chi connectivity index (χ0v) is 11.7. The van der Waals surface area contributed by atoms with Gasteiger partial charge in [-0.3, -0.25) is 0 Å². The molecule has 0 aromatic carbocycles. The number of hydrogen-bond acceptors (Lipinski definition) is 4. The number of nitrogens with zero attached hydrogens (tertiary/aromatic N) is 1. The van der Waals surface area contributed by atoms with Gasteiger partial charge in [0.2, 0.25) is 0 Å². The van der Waals surface area contributed by atoms with Gasteiger partial charge in [0, 0.05) is 12.3 Å². The second-order valence-electron chi connectivity index (χ2n) is 5.99. The van der Waals surface area contributed by atoms with Gasteiger partial charge in [-0.15, -0.1) is 0 Å². The number of hydrogen-bond donors (Lipinski definition) is 2. The fourth-order valence-corrected chi connectivity index (χ4v) is 2.94. The van der Waals surface area contributed by atoms with Gasteiger partial charge in [0.05, 0.1) is 12.1 Å². The largest absolute Gasteiger partial charge is 0.478 e. The molecule has 20 heavy (non-hydrogen) atoms. The standard InChI is InChI=1S/C15H20N2O3/c1-15(6-7-20-9-15)17-13-11(14(18)19)8-10-4-2-3-5-12(10)16-13/h8H,2-7,9H2,1H3,(H,16,17)(H,18,19). The quantitative estimate of drug-likeness (QED) is 0.886. The predicted octanol–water partition coefficient (Wildman–Crippen LogP) is 2.25. The van der Waals surface area contributed by atoms with E-state index in [2.05, 4.69) is 10.3 Å². The molecule has 5 nitrogen and oxygen atoms in total. The molecule has 1 aromatic rings. The van der Waals surface area contributed by atoms with Gasteiger partial charge in [0.1, 0.15) is 11.4 Å². The minimum atomic E-state index is -0.920. The number of carboxylic acid groups (broad SMARTS) is 1. The summed E-state index contributed by atoms with van der Waals surface area (Å²) in [5.74, 6) is -0.429. The van der Waals surface area contributed by atoms with E-state index in [0.29, 0.717) is 19.0 Å². The van der Waals surface area contributed by atoms with Gasteiger partial charge in [-0.25, -0.2) is 9.78 Å². The third-order valence-electron chi connectivity index (χ3n) is 4.17. The lowest BCUT2D eigenvalue weighted by molar-refractivity contribution is 0.0697. The van der Waals surface area contributed by atoms with Gasteiger partial charge < -0.3 is 15.2 Å². The molecule has 5 heteroatoms. The number of aromatic nitrogens is 1. The molecule has 1 aromatic heterocycles. The summed E-state index contributed by atoms with van der Waals surface area (Å²) in [5.41, 5.74) is 2.19. The van der Waals surface area contributed by atoms with E-state index in [4.69, 9.17) is 4.74 Å². The molecule has 1 aliphatic heterocycles. The van der Waals surface area contributed by atoms with E-state index in [1.54, 1.807) is 6.07 Å². The van der Waals surface area contributed by atoms with Gasteiger partial charge in [0.25, 0.3) is 0 Å². The Hall–Kier alpha value is -1.62. The number of pyridine rings is 1. The van der Waals surface area contributed by atoms with E-state index >= 15 is 0 Å². The highest BCUT2D eigenvalue weighted by atomic mass is 16.5. The first-order valence-corrected chi connectivity index (χ1v) is 7.19. The van der Waals surface area contributed by atoms with Crippen LogP contribution in [-0.2, 0) is 17.6 Å². The molecule has 0 bridgehead atoms. The van der Waals surface area contributed by atoms with Crippen LogP contribution in [0.5, 0.6) is 0 Å². The van der Waals surface area contributed by atoms with Gasteiger partial charge >= 0.3 is 5.97 Å². The molecule has 0 radical (unpaired) electrons. The number of nitrogens with one attached hydrogen (secondary N) is 1. The Morgan fingerprint density at radius 2 is 2.25 bits per heavy atom.